The quantitative estimate of drug-likeness (QED) is 0.700. The van der Waals surface area contributed by atoms with Crippen molar-refractivity contribution in [1.82, 2.24) is 15.1 Å². The molecule has 92 valence electrons. The molecule has 1 N–H and O–H groups in total. The topological polar surface area (TPSA) is 35.6 Å². The Hall–Kier alpha value is -0.870. The lowest BCUT2D eigenvalue weighted by molar-refractivity contribution is -0.117. The number of carbonyl (C=O) groups is 1. The van der Waals surface area contributed by atoms with E-state index in [0.29, 0.717) is 6.54 Å². The molecule has 16 heavy (non-hydrogen) atoms. The summed E-state index contributed by atoms with van der Waals surface area (Å²) in [7, 11) is 2.14. The van der Waals surface area contributed by atoms with Crippen LogP contribution < -0.4 is 5.32 Å². The molecule has 0 saturated carbocycles. The van der Waals surface area contributed by atoms with Gasteiger partial charge in [0.1, 0.15) is 0 Å². The summed E-state index contributed by atoms with van der Waals surface area (Å²) in [5, 5.41) is 2.87. The molecule has 4 nitrogen and oxygen atoms in total. The molecule has 1 aliphatic heterocycles. The molecule has 0 atom stereocenters. The third-order valence-corrected chi connectivity index (χ3v) is 3.24. The number of piperazine rings is 1. The Labute approximate surface area is 98.3 Å². The fourth-order valence-corrected chi connectivity index (χ4v) is 1.90. The second kappa shape index (κ2) is 5.46. The monoisotopic (exact) mass is 225 g/mol. The Morgan fingerprint density at radius 1 is 1.38 bits per heavy atom. The molecule has 0 aliphatic carbocycles. The maximum atomic E-state index is 11.1. The van der Waals surface area contributed by atoms with Gasteiger partial charge in [0.15, 0.2) is 0 Å². The van der Waals surface area contributed by atoms with Crippen LogP contribution in [0.25, 0.3) is 0 Å². The predicted molar refractivity (Wildman–Crippen MR) is 66.4 cm³/mol. The van der Waals surface area contributed by atoms with Crippen LogP contribution in [0.2, 0.25) is 0 Å². The van der Waals surface area contributed by atoms with Crippen LogP contribution in [0, 0.1) is 0 Å². The predicted octanol–water partition coefficient (Wildman–Crippen LogP) is 0.315. The maximum absolute atomic E-state index is 11.1. The highest BCUT2D eigenvalue weighted by Crippen LogP contribution is 2.15. The molecule has 0 unspecified atom stereocenters. The van der Waals surface area contributed by atoms with Crippen molar-refractivity contribution in [3.8, 4) is 0 Å². The smallest absolute Gasteiger partial charge is 0.243 e. The minimum atomic E-state index is -0.0952. The Morgan fingerprint density at radius 3 is 2.44 bits per heavy atom. The first-order valence-electron chi connectivity index (χ1n) is 5.79. The molecule has 0 bridgehead atoms. The van der Waals surface area contributed by atoms with Gasteiger partial charge >= 0.3 is 0 Å². The highest BCUT2D eigenvalue weighted by atomic mass is 16.1. The van der Waals surface area contributed by atoms with Gasteiger partial charge in [-0.3, -0.25) is 9.69 Å². The second-order valence-electron chi connectivity index (χ2n) is 5.02. The van der Waals surface area contributed by atoms with Crippen molar-refractivity contribution in [3.05, 3.63) is 12.7 Å². The van der Waals surface area contributed by atoms with Crippen LogP contribution in [0.5, 0.6) is 0 Å². The molecule has 1 amide bonds. The third-order valence-electron chi connectivity index (χ3n) is 3.24. The number of amides is 1. The van der Waals surface area contributed by atoms with E-state index in [1.165, 1.54) is 6.08 Å². The standard InChI is InChI=1S/C12H23N3O/c1-5-11(16)13-10-12(2,3)15-8-6-14(4)7-9-15/h5H,1,6-10H2,2-4H3,(H,13,16). The molecule has 1 heterocycles. The molecule has 4 heteroatoms. The zero-order valence-electron chi connectivity index (χ0n) is 10.6. The van der Waals surface area contributed by atoms with Gasteiger partial charge in [-0.15, -0.1) is 0 Å². The molecule has 0 spiro atoms. The molecule has 1 aliphatic rings. The summed E-state index contributed by atoms with van der Waals surface area (Å²) < 4.78 is 0. The SMILES string of the molecule is C=CC(=O)NCC(C)(C)N1CCN(C)CC1. The number of hydrogen-bond acceptors (Lipinski definition) is 3. The Morgan fingerprint density at radius 2 is 1.94 bits per heavy atom. The molecule has 0 radical (unpaired) electrons. The summed E-state index contributed by atoms with van der Waals surface area (Å²) in [6.45, 7) is 12.8. The van der Waals surface area contributed by atoms with Crippen molar-refractivity contribution >= 4 is 5.91 Å². The molecular formula is C12H23N3O. The summed E-state index contributed by atoms with van der Waals surface area (Å²) in [6.07, 6.45) is 1.32. The van der Waals surface area contributed by atoms with E-state index in [1.807, 2.05) is 0 Å². The normalized spacial score (nSPS) is 19.4. The molecule has 0 aromatic heterocycles. The van der Waals surface area contributed by atoms with E-state index < -0.39 is 0 Å². The van der Waals surface area contributed by atoms with Gasteiger partial charge in [-0.1, -0.05) is 6.58 Å². The highest BCUT2D eigenvalue weighted by Gasteiger charge is 2.29. The number of carbonyl (C=O) groups excluding carboxylic acids is 1. The lowest BCUT2D eigenvalue weighted by Crippen LogP contribution is -2.57. The Bertz CT molecular complexity index is 255. The van der Waals surface area contributed by atoms with Crippen molar-refractivity contribution in [3.63, 3.8) is 0 Å². The van der Waals surface area contributed by atoms with Crippen molar-refractivity contribution in [2.75, 3.05) is 39.8 Å². The van der Waals surface area contributed by atoms with E-state index >= 15 is 0 Å². The molecule has 1 saturated heterocycles. The summed E-state index contributed by atoms with van der Waals surface area (Å²) in [4.78, 5) is 15.9. The molecule has 1 rings (SSSR count). The van der Waals surface area contributed by atoms with Crippen LogP contribution in [0.1, 0.15) is 13.8 Å². The van der Waals surface area contributed by atoms with Crippen LogP contribution in [0.15, 0.2) is 12.7 Å². The van der Waals surface area contributed by atoms with Gasteiger partial charge < -0.3 is 10.2 Å². The van der Waals surface area contributed by atoms with E-state index in [2.05, 4.69) is 42.6 Å². The minimum Gasteiger partial charge on any atom is -0.351 e. The fraction of sp³-hybridized carbons (Fsp3) is 0.750. The molecule has 0 aromatic rings. The lowest BCUT2D eigenvalue weighted by Gasteiger charge is -2.43. The second-order valence-corrected chi connectivity index (χ2v) is 5.02. The van der Waals surface area contributed by atoms with E-state index in [1.54, 1.807) is 0 Å². The number of likely N-dealkylation sites (N-methyl/N-ethyl adjacent to an activating group) is 1. The van der Waals surface area contributed by atoms with Crippen LogP contribution in [0.4, 0.5) is 0 Å². The van der Waals surface area contributed by atoms with Crippen molar-refractivity contribution in [1.29, 1.82) is 0 Å². The Kier molecular flexibility index (Phi) is 4.50. The Balaban J connectivity index is 2.43. The van der Waals surface area contributed by atoms with Gasteiger partial charge in [0.05, 0.1) is 0 Å². The van der Waals surface area contributed by atoms with Gasteiger partial charge in [0.25, 0.3) is 0 Å². The minimum absolute atomic E-state index is 0.0138. The first-order chi connectivity index (χ1) is 7.45. The zero-order valence-corrected chi connectivity index (χ0v) is 10.6. The van der Waals surface area contributed by atoms with Gasteiger partial charge in [0, 0.05) is 38.3 Å². The summed E-state index contributed by atoms with van der Waals surface area (Å²) >= 11 is 0. The first-order valence-corrected chi connectivity index (χ1v) is 5.79. The van der Waals surface area contributed by atoms with E-state index in [0.717, 1.165) is 26.2 Å². The number of hydrogen-bond donors (Lipinski definition) is 1. The maximum Gasteiger partial charge on any atom is 0.243 e. The van der Waals surface area contributed by atoms with E-state index in [9.17, 15) is 4.79 Å². The summed E-state index contributed by atoms with van der Waals surface area (Å²) in [5.74, 6) is -0.0952. The van der Waals surface area contributed by atoms with Gasteiger partial charge in [0.2, 0.25) is 5.91 Å². The summed E-state index contributed by atoms with van der Waals surface area (Å²) in [6, 6.07) is 0. The van der Waals surface area contributed by atoms with Crippen LogP contribution >= 0.6 is 0 Å². The van der Waals surface area contributed by atoms with Crippen LogP contribution in [-0.4, -0.2) is 61.0 Å². The van der Waals surface area contributed by atoms with E-state index in [-0.39, 0.29) is 11.4 Å². The average molecular weight is 225 g/mol. The number of nitrogens with one attached hydrogen (secondary N) is 1. The molecule has 0 aromatic carbocycles. The highest BCUT2D eigenvalue weighted by molar-refractivity contribution is 5.86. The van der Waals surface area contributed by atoms with Crippen LogP contribution in [0.3, 0.4) is 0 Å². The van der Waals surface area contributed by atoms with Gasteiger partial charge in [-0.25, -0.2) is 0 Å². The van der Waals surface area contributed by atoms with Crippen molar-refractivity contribution in [2.45, 2.75) is 19.4 Å². The molecular weight excluding hydrogens is 202 g/mol. The molecule has 1 fully saturated rings. The average Bonchev–Trinajstić information content (AvgIpc) is 2.26. The third kappa shape index (κ3) is 3.61. The summed E-state index contributed by atoms with van der Waals surface area (Å²) in [5.41, 5.74) is 0.0138. The largest absolute Gasteiger partial charge is 0.351 e. The number of nitrogens with zero attached hydrogens (tertiary/aromatic N) is 2. The van der Waals surface area contributed by atoms with Gasteiger partial charge in [-0.05, 0) is 27.0 Å². The van der Waals surface area contributed by atoms with Gasteiger partial charge in [-0.2, -0.15) is 0 Å². The zero-order chi connectivity index (χ0) is 12.2. The lowest BCUT2D eigenvalue weighted by atomic mass is 10.0. The van der Waals surface area contributed by atoms with Crippen LogP contribution in [-0.2, 0) is 4.79 Å². The first kappa shape index (κ1) is 13.2. The number of rotatable bonds is 4. The van der Waals surface area contributed by atoms with Crippen molar-refractivity contribution < 1.29 is 4.79 Å². The fourth-order valence-electron chi connectivity index (χ4n) is 1.90. The van der Waals surface area contributed by atoms with Crippen molar-refractivity contribution in [2.24, 2.45) is 0 Å². The van der Waals surface area contributed by atoms with E-state index in [4.69, 9.17) is 0 Å².